The van der Waals surface area contributed by atoms with E-state index in [2.05, 4.69) is 35.1 Å². The predicted octanol–water partition coefficient (Wildman–Crippen LogP) is 2.71. The topological polar surface area (TPSA) is 41.1 Å². The number of carbonyl (C=O) groups is 1. The summed E-state index contributed by atoms with van der Waals surface area (Å²) in [4.78, 5) is 12.5. The van der Waals surface area contributed by atoms with Gasteiger partial charge in [-0.3, -0.25) is 4.79 Å². The molecule has 1 atom stereocenters. The first-order valence-corrected chi connectivity index (χ1v) is 7.13. The lowest BCUT2D eigenvalue weighted by molar-refractivity contribution is -0.120. The Morgan fingerprint density at radius 2 is 2.35 bits per heavy atom. The lowest BCUT2D eigenvalue weighted by Crippen LogP contribution is -2.24. The minimum atomic E-state index is 0.120. The van der Waals surface area contributed by atoms with Crippen LogP contribution in [0.1, 0.15) is 43.5 Å². The van der Waals surface area contributed by atoms with Gasteiger partial charge in [-0.2, -0.15) is 0 Å². The van der Waals surface area contributed by atoms with Crippen molar-refractivity contribution in [3.05, 3.63) is 22.4 Å². The highest BCUT2D eigenvalue weighted by Gasteiger charge is 2.10. The number of hydrogen-bond acceptors (Lipinski definition) is 3. The van der Waals surface area contributed by atoms with Gasteiger partial charge in [0.05, 0.1) is 0 Å². The van der Waals surface area contributed by atoms with Crippen molar-refractivity contribution < 1.29 is 4.79 Å². The van der Waals surface area contributed by atoms with Crippen LogP contribution < -0.4 is 10.6 Å². The average Bonchev–Trinajstić information content (AvgIpc) is 2.86. The number of rotatable bonds is 8. The van der Waals surface area contributed by atoms with Gasteiger partial charge in [0.25, 0.3) is 0 Å². The molecule has 0 saturated heterocycles. The van der Waals surface area contributed by atoms with Gasteiger partial charge < -0.3 is 10.6 Å². The van der Waals surface area contributed by atoms with Crippen LogP contribution in [0, 0.1) is 0 Å². The molecular weight excluding hydrogens is 232 g/mol. The Labute approximate surface area is 108 Å². The summed E-state index contributed by atoms with van der Waals surface area (Å²) >= 11 is 1.80. The largest absolute Gasteiger partial charge is 0.359 e. The van der Waals surface area contributed by atoms with Gasteiger partial charge >= 0.3 is 0 Å². The van der Waals surface area contributed by atoms with Gasteiger partial charge in [-0.25, -0.2) is 0 Å². The Morgan fingerprint density at radius 3 is 2.94 bits per heavy atom. The summed E-state index contributed by atoms with van der Waals surface area (Å²) in [5, 5.41) is 8.29. The molecule has 1 rings (SSSR count). The summed E-state index contributed by atoms with van der Waals surface area (Å²) in [6, 6.07) is 4.72. The van der Waals surface area contributed by atoms with Gasteiger partial charge in [0.2, 0.25) is 5.91 Å². The van der Waals surface area contributed by atoms with E-state index in [1.54, 1.807) is 18.4 Å². The third-order valence-electron chi connectivity index (χ3n) is 2.71. The van der Waals surface area contributed by atoms with Crippen molar-refractivity contribution in [1.82, 2.24) is 10.6 Å². The van der Waals surface area contributed by atoms with Crippen molar-refractivity contribution in [2.75, 3.05) is 13.6 Å². The van der Waals surface area contributed by atoms with Crippen molar-refractivity contribution in [1.29, 1.82) is 0 Å². The van der Waals surface area contributed by atoms with E-state index in [-0.39, 0.29) is 5.91 Å². The SMILES string of the molecule is CCCC(NCCCC(=O)NC)c1cccs1. The molecule has 0 fully saturated rings. The first kappa shape index (κ1) is 14.2. The second kappa shape index (κ2) is 8.25. The van der Waals surface area contributed by atoms with Crippen LogP contribution in [0.25, 0.3) is 0 Å². The molecule has 0 bridgehead atoms. The van der Waals surface area contributed by atoms with Crippen LogP contribution in [0.2, 0.25) is 0 Å². The summed E-state index contributed by atoms with van der Waals surface area (Å²) in [5.41, 5.74) is 0. The van der Waals surface area contributed by atoms with Crippen LogP contribution in [0.5, 0.6) is 0 Å². The Morgan fingerprint density at radius 1 is 1.53 bits per heavy atom. The van der Waals surface area contributed by atoms with E-state index < -0.39 is 0 Å². The molecule has 0 aliphatic carbocycles. The minimum Gasteiger partial charge on any atom is -0.359 e. The number of nitrogens with one attached hydrogen (secondary N) is 2. The first-order valence-electron chi connectivity index (χ1n) is 6.25. The quantitative estimate of drug-likeness (QED) is 0.700. The van der Waals surface area contributed by atoms with Gasteiger partial charge in [0.1, 0.15) is 0 Å². The molecule has 1 aromatic rings. The van der Waals surface area contributed by atoms with Crippen LogP contribution in [0.15, 0.2) is 17.5 Å². The molecular formula is C13H22N2OS. The summed E-state index contributed by atoms with van der Waals surface area (Å²) in [6.07, 6.45) is 3.82. The monoisotopic (exact) mass is 254 g/mol. The standard InChI is InChI=1S/C13H22N2OS/c1-3-6-11(12-7-5-10-17-12)15-9-4-8-13(16)14-2/h5,7,10-11,15H,3-4,6,8-9H2,1-2H3,(H,14,16). The summed E-state index contributed by atoms with van der Waals surface area (Å²) < 4.78 is 0. The predicted molar refractivity (Wildman–Crippen MR) is 73.3 cm³/mol. The lowest BCUT2D eigenvalue weighted by atomic mass is 10.1. The molecule has 0 spiro atoms. The highest BCUT2D eigenvalue weighted by Crippen LogP contribution is 2.22. The maximum atomic E-state index is 11.1. The molecule has 1 unspecified atom stereocenters. The summed E-state index contributed by atoms with van der Waals surface area (Å²) in [7, 11) is 1.68. The van der Waals surface area contributed by atoms with Crippen molar-refractivity contribution >= 4 is 17.2 Å². The van der Waals surface area contributed by atoms with Crippen LogP contribution >= 0.6 is 11.3 Å². The van der Waals surface area contributed by atoms with Gasteiger partial charge in [0.15, 0.2) is 0 Å². The Bertz CT molecular complexity index is 311. The van der Waals surface area contributed by atoms with Gasteiger partial charge in [0, 0.05) is 24.4 Å². The lowest BCUT2D eigenvalue weighted by Gasteiger charge is -2.16. The maximum absolute atomic E-state index is 11.1. The Kier molecular flexibility index (Phi) is 6.89. The van der Waals surface area contributed by atoms with E-state index in [0.717, 1.165) is 19.4 Å². The van der Waals surface area contributed by atoms with E-state index in [0.29, 0.717) is 12.5 Å². The third kappa shape index (κ3) is 5.33. The molecule has 2 N–H and O–H groups in total. The Balaban J connectivity index is 2.28. The fourth-order valence-electron chi connectivity index (χ4n) is 1.77. The second-order valence-electron chi connectivity index (χ2n) is 4.09. The van der Waals surface area contributed by atoms with Crippen LogP contribution in [0.4, 0.5) is 0 Å². The zero-order valence-corrected chi connectivity index (χ0v) is 11.5. The summed E-state index contributed by atoms with van der Waals surface area (Å²) in [6.45, 7) is 3.10. The molecule has 1 amide bonds. The fraction of sp³-hybridized carbons (Fsp3) is 0.615. The average molecular weight is 254 g/mol. The molecule has 4 heteroatoms. The minimum absolute atomic E-state index is 0.120. The van der Waals surface area contributed by atoms with Gasteiger partial charge in [-0.05, 0) is 30.8 Å². The highest BCUT2D eigenvalue weighted by molar-refractivity contribution is 7.10. The van der Waals surface area contributed by atoms with Crippen molar-refractivity contribution in [2.24, 2.45) is 0 Å². The van der Waals surface area contributed by atoms with E-state index in [9.17, 15) is 4.79 Å². The normalized spacial score (nSPS) is 12.4. The molecule has 17 heavy (non-hydrogen) atoms. The molecule has 0 aromatic carbocycles. The van der Waals surface area contributed by atoms with E-state index >= 15 is 0 Å². The van der Waals surface area contributed by atoms with E-state index in [1.165, 1.54) is 11.3 Å². The summed E-state index contributed by atoms with van der Waals surface area (Å²) in [5.74, 6) is 0.120. The molecule has 0 aliphatic heterocycles. The smallest absolute Gasteiger partial charge is 0.219 e. The molecule has 1 heterocycles. The third-order valence-corrected chi connectivity index (χ3v) is 3.70. The fourth-order valence-corrected chi connectivity index (χ4v) is 2.61. The molecule has 0 saturated carbocycles. The number of carbonyl (C=O) groups excluding carboxylic acids is 1. The van der Waals surface area contributed by atoms with Crippen molar-refractivity contribution in [3.8, 4) is 0 Å². The molecule has 1 aromatic heterocycles. The van der Waals surface area contributed by atoms with Crippen molar-refractivity contribution in [3.63, 3.8) is 0 Å². The maximum Gasteiger partial charge on any atom is 0.219 e. The van der Waals surface area contributed by atoms with Crippen LogP contribution in [-0.4, -0.2) is 19.5 Å². The van der Waals surface area contributed by atoms with Crippen LogP contribution in [-0.2, 0) is 4.79 Å². The first-order chi connectivity index (χ1) is 8.27. The van der Waals surface area contributed by atoms with Crippen LogP contribution in [0.3, 0.4) is 0 Å². The molecule has 96 valence electrons. The zero-order valence-electron chi connectivity index (χ0n) is 10.7. The molecule has 0 aliphatic rings. The highest BCUT2D eigenvalue weighted by atomic mass is 32.1. The number of thiophene rings is 1. The Hall–Kier alpha value is -0.870. The van der Waals surface area contributed by atoms with Gasteiger partial charge in [-0.15, -0.1) is 11.3 Å². The zero-order chi connectivity index (χ0) is 12.5. The van der Waals surface area contributed by atoms with E-state index in [4.69, 9.17) is 0 Å². The number of amides is 1. The van der Waals surface area contributed by atoms with Crippen molar-refractivity contribution in [2.45, 2.75) is 38.6 Å². The van der Waals surface area contributed by atoms with Gasteiger partial charge in [-0.1, -0.05) is 19.4 Å². The molecule has 0 radical (unpaired) electrons. The molecule has 3 nitrogen and oxygen atoms in total. The number of hydrogen-bond donors (Lipinski definition) is 2. The second-order valence-corrected chi connectivity index (χ2v) is 5.07. The van der Waals surface area contributed by atoms with E-state index in [1.807, 2.05) is 0 Å².